The van der Waals surface area contributed by atoms with Crippen molar-refractivity contribution in [2.45, 2.75) is 20.4 Å². The van der Waals surface area contributed by atoms with Gasteiger partial charge in [-0.25, -0.2) is 0 Å². The zero-order valence-electron chi connectivity index (χ0n) is 9.93. The highest BCUT2D eigenvalue weighted by atomic mass is 16.6. The molecule has 2 aromatic heterocycles. The monoisotopic (exact) mass is 233 g/mol. The van der Waals surface area contributed by atoms with Crippen LogP contribution in [0.2, 0.25) is 0 Å². The van der Waals surface area contributed by atoms with Crippen molar-refractivity contribution in [1.29, 1.82) is 0 Å². The molecular weight excluding hydrogens is 218 g/mol. The molecule has 1 N–H and O–H groups in total. The van der Waals surface area contributed by atoms with Crippen LogP contribution in [-0.2, 0) is 6.54 Å². The molecule has 0 aromatic carbocycles. The molecule has 90 valence electrons. The second kappa shape index (κ2) is 5.45. The number of ether oxygens (including phenoxy) is 1. The molecule has 2 aromatic rings. The highest BCUT2D eigenvalue weighted by Gasteiger charge is 2.05. The summed E-state index contributed by atoms with van der Waals surface area (Å²) in [5, 5.41) is 3.16. The second-order valence-electron chi connectivity index (χ2n) is 3.62. The molecule has 5 nitrogen and oxygen atoms in total. The summed E-state index contributed by atoms with van der Waals surface area (Å²) in [5.41, 5.74) is 1.76. The van der Waals surface area contributed by atoms with Crippen LogP contribution in [0.25, 0.3) is 0 Å². The third kappa shape index (κ3) is 3.29. The number of hydrogen-bond donors (Lipinski definition) is 1. The molecule has 5 heteroatoms. The van der Waals surface area contributed by atoms with E-state index in [0.717, 1.165) is 17.9 Å². The third-order valence-electron chi connectivity index (χ3n) is 2.18. The lowest BCUT2D eigenvalue weighted by atomic mass is 10.4. The van der Waals surface area contributed by atoms with E-state index in [-0.39, 0.29) is 6.08 Å². The van der Waals surface area contributed by atoms with Crippen molar-refractivity contribution in [3.8, 4) is 11.8 Å². The van der Waals surface area contributed by atoms with Gasteiger partial charge in [0.1, 0.15) is 6.26 Å². The maximum atomic E-state index is 5.43. The van der Waals surface area contributed by atoms with Crippen LogP contribution < -0.4 is 10.1 Å². The molecule has 0 spiro atoms. The van der Waals surface area contributed by atoms with E-state index in [9.17, 15) is 0 Å². The van der Waals surface area contributed by atoms with Crippen LogP contribution >= 0.6 is 0 Å². The fraction of sp³-hybridized carbons (Fsp3) is 0.333. The van der Waals surface area contributed by atoms with Gasteiger partial charge in [-0.05, 0) is 25.6 Å². The molecule has 0 aliphatic carbocycles. The minimum Gasteiger partial charge on any atom is -0.417 e. The fourth-order valence-corrected chi connectivity index (χ4v) is 1.28. The molecule has 2 rings (SSSR count). The zero-order chi connectivity index (χ0) is 12.1. The molecule has 0 unspecified atom stereocenters. The van der Waals surface area contributed by atoms with E-state index in [0.29, 0.717) is 12.3 Å². The molecule has 0 aliphatic rings. The van der Waals surface area contributed by atoms with E-state index in [4.69, 9.17) is 9.15 Å². The Kier molecular flexibility index (Phi) is 3.72. The number of nitrogens with zero attached hydrogens (tertiary/aromatic N) is 2. The molecule has 0 radical (unpaired) electrons. The predicted molar refractivity (Wildman–Crippen MR) is 62.9 cm³/mol. The summed E-state index contributed by atoms with van der Waals surface area (Å²) in [6.45, 7) is 5.53. The summed E-state index contributed by atoms with van der Waals surface area (Å²) in [5.74, 6) is 0.618. The van der Waals surface area contributed by atoms with Crippen molar-refractivity contribution >= 4 is 0 Å². The van der Waals surface area contributed by atoms with Gasteiger partial charge in [0.25, 0.3) is 0 Å². The quantitative estimate of drug-likeness (QED) is 0.858. The van der Waals surface area contributed by atoms with E-state index >= 15 is 0 Å². The van der Waals surface area contributed by atoms with Gasteiger partial charge in [0.2, 0.25) is 0 Å². The Labute approximate surface area is 99.8 Å². The average molecular weight is 233 g/mol. The highest BCUT2D eigenvalue weighted by molar-refractivity contribution is 5.21. The second-order valence-corrected chi connectivity index (χ2v) is 3.62. The van der Waals surface area contributed by atoms with Gasteiger partial charge in [-0.15, -0.1) is 0 Å². The van der Waals surface area contributed by atoms with Crippen molar-refractivity contribution in [3.05, 3.63) is 36.0 Å². The Morgan fingerprint density at radius 1 is 1.41 bits per heavy atom. The van der Waals surface area contributed by atoms with Gasteiger partial charge >= 0.3 is 6.08 Å². The van der Waals surface area contributed by atoms with E-state index < -0.39 is 0 Å². The first-order valence-electron chi connectivity index (χ1n) is 5.53. The van der Waals surface area contributed by atoms with E-state index in [1.807, 2.05) is 26.0 Å². The van der Waals surface area contributed by atoms with Crippen molar-refractivity contribution < 1.29 is 9.15 Å². The lowest BCUT2D eigenvalue weighted by Gasteiger charge is -1.99. The predicted octanol–water partition coefficient (Wildman–Crippen LogP) is 2.28. The van der Waals surface area contributed by atoms with Crippen LogP contribution in [0.1, 0.15) is 18.3 Å². The number of hydrogen-bond acceptors (Lipinski definition) is 5. The first-order chi connectivity index (χ1) is 8.28. The average Bonchev–Trinajstić information content (AvgIpc) is 2.77. The number of aryl methyl sites for hydroxylation is 1. The lowest BCUT2D eigenvalue weighted by Crippen LogP contribution is -2.11. The Morgan fingerprint density at radius 2 is 2.29 bits per heavy atom. The minimum absolute atomic E-state index is 0.239. The summed E-state index contributed by atoms with van der Waals surface area (Å²) in [4.78, 5) is 8.31. The summed E-state index contributed by atoms with van der Waals surface area (Å²) in [6.07, 6.45) is 3.46. The zero-order valence-corrected chi connectivity index (χ0v) is 9.93. The Bertz CT molecular complexity index is 465. The molecule has 17 heavy (non-hydrogen) atoms. The van der Waals surface area contributed by atoms with Gasteiger partial charge in [0.05, 0.1) is 11.9 Å². The Morgan fingerprint density at radius 3 is 3.00 bits per heavy atom. The summed E-state index contributed by atoms with van der Waals surface area (Å²) < 4.78 is 10.6. The smallest absolute Gasteiger partial charge is 0.399 e. The highest BCUT2D eigenvalue weighted by Crippen LogP contribution is 2.19. The first-order valence-corrected chi connectivity index (χ1v) is 5.53. The van der Waals surface area contributed by atoms with Crippen LogP contribution in [-0.4, -0.2) is 16.5 Å². The summed E-state index contributed by atoms with van der Waals surface area (Å²) in [7, 11) is 0. The molecule has 0 atom stereocenters. The van der Waals surface area contributed by atoms with E-state index in [1.165, 1.54) is 0 Å². The largest absolute Gasteiger partial charge is 0.417 e. The molecule has 0 saturated heterocycles. The summed E-state index contributed by atoms with van der Waals surface area (Å²) >= 11 is 0. The SMILES string of the molecule is CCNCc1coc(Oc2ccc(C)nc2)n1. The maximum absolute atomic E-state index is 5.43. The first kappa shape index (κ1) is 11.6. The van der Waals surface area contributed by atoms with Gasteiger partial charge in [-0.3, -0.25) is 4.98 Å². The number of rotatable bonds is 5. The standard InChI is InChI=1S/C12H15N3O2/c1-3-13-6-10-8-16-12(15-10)17-11-5-4-9(2)14-7-11/h4-5,7-8,13H,3,6H2,1-2H3. The summed E-state index contributed by atoms with van der Waals surface area (Å²) in [6, 6.07) is 3.70. The number of pyridine rings is 1. The van der Waals surface area contributed by atoms with Gasteiger partial charge in [0.15, 0.2) is 5.75 Å². The molecule has 0 saturated carbocycles. The third-order valence-corrected chi connectivity index (χ3v) is 2.18. The number of nitrogens with one attached hydrogen (secondary N) is 1. The maximum Gasteiger partial charge on any atom is 0.399 e. The normalized spacial score (nSPS) is 10.5. The molecular formula is C12H15N3O2. The number of oxazole rings is 1. The van der Waals surface area contributed by atoms with Crippen molar-refractivity contribution in [1.82, 2.24) is 15.3 Å². The topological polar surface area (TPSA) is 60.2 Å². The van der Waals surface area contributed by atoms with Crippen molar-refractivity contribution in [2.75, 3.05) is 6.54 Å². The Balaban J connectivity index is 1.98. The van der Waals surface area contributed by atoms with Crippen LogP contribution in [0.4, 0.5) is 0 Å². The molecule has 2 heterocycles. The minimum atomic E-state index is 0.239. The van der Waals surface area contributed by atoms with Gasteiger partial charge in [0, 0.05) is 12.2 Å². The molecule has 0 amide bonds. The van der Waals surface area contributed by atoms with Crippen LogP contribution in [0, 0.1) is 6.92 Å². The lowest BCUT2D eigenvalue weighted by molar-refractivity contribution is 0.329. The molecule has 0 aliphatic heterocycles. The number of aromatic nitrogens is 2. The van der Waals surface area contributed by atoms with E-state index in [2.05, 4.69) is 15.3 Å². The van der Waals surface area contributed by atoms with Crippen molar-refractivity contribution in [2.24, 2.45) is 0 Å². The Hall–Kier alpha value is -1.88. The van der Waals surface area contributed by atoms with Crippen LogP contribution in [0.3, 0.4) is 0 Å². The van der Waals surface area contributed by atoms with Gasteiger partial charge in [-0.1, -0.05) is 6.92 Å². The van der Waals surface area contributed by atoms with Crippen LogP contribution in [0.5, 0.6) is 11.8 Å². The van der Waals surface area contributed by atoms with Gasteiger partial charge in [-0.2, -0.15) is 4.98 Å². The molecule has 0 fully saturated rings. The van der Waals surface area contributed by atoms with Crippen molar-refractivity contribution in [3.63, 3.8) is 0 Å². The van der Waals surface area contributed by atoms with Crippen LogP contribution in [0.15, 0.2) is 29.0 Å². The molecule has 0 bridgehead atoms. The van der Waals surface area contributed by atoms with E-state index in [1.54, 1.807) is 12.5 Å². The van der Waals surface area contributed by atoms with Gasteiger partial charge < -0.3 is 14.5 Å². The fourth-order valence-electron chi connectivity index (χ4n) is 1.28.